The van der Waals surface area contributed by atoms with Crippen molar-refractivity contribution in [3.05, 3.63) is 29.8 Å². The minimum Gasteiger partial charge on any atom is -0.395 e. The van der Waals surface area contributed by atoms with E-state index in [1.165, 1.54) is 12.8 Å². The molecule has 3 N–H and O–H groups in total. The molecule has 1 atom stereocenters. The lowest BCUT2D eigenvalue weighted by Gasteiger charge is -2.34. The van der Waals surface area contributed by atoms with Crippen LogP contribution in [0.3, 0.4) is 0 Å². The summed E-state index contributed by atoms with van der Waals surface area (Å²) < 4.78 is 0. The normalized spacial score (nSPS) is 17.9. The van der Waals surface area contributed by atoms with Crippen LogP contribution in [0, 0.1) is 0 Å². The molecule has 1 aliphatic rings. The Morgan fingerprint density at radius 3 is 2.92 bits per heavy atom. The Kier molecular flexibility index (Phi) is 7.88. The number of rotatable bonds is 8. The third-order valence-corrected chi connectivity index (χ3v) is 4.60. The topological polar surface area (TPSA) is 81.7 Å². The van der Waals surface area contributed by atoms with Gasteiger partial charge in [-0.2, -0.15) is 0 Å². The van der Waals surface area contributed by atoms with Crippen molar-refractivity contribution in [2.45, 2.75) is 45.1 Å². The van der Waals surface area contributed by atoms with Crippen molar-refractivity contribution in [1.29, 1.82) is 0 Å². The maximum atomic E-state index is 12.2. The Morgan fingerprint density at radius 2 is 2.16 bits per heavy atom. The van der Waals surface area contributed by atoms with E-state index in [1.807, 2.05) is 0 Å². The summed E-state index contributed by atoms with van der Waals surface area (Å²) in [5, 5.41) is 15.1. The second-order valence-corrected chi connectivity index (χ2v) is 6.46. The number of nitrogens with zero attached hydrogens (tertiary/aromatic N) is 1. The molecule has 138 valence electrons. The van der Waals surface area contributed by atoms with E-state index in [-0.39, 0.29) is 24.5 Å². The summed E-state index contributed by atoms with van der Waals surface area (Å²) in [5.41, 5.74) is 1.18. The van der Waals surface area contributed by atoms with Crippen molar-refractivity contribution >= 4 is 17.5 Å². The first-order valence-corrected chi connectivity index (χ1v) is 9.17. The molecule has 1 aromatic carbocycles. The van der Waals surface area contributed by atoms with Gasteiger partial charge >= 0.3 is 0 Å². The van der Waals surface area contributed by atoms with E-state index in [1.54, 1.807) is 31.2 Å². The highest BCUT2D eigenvalue weighted by atomic mass is 16.3. The number of carbonyl (C=O) groups excluding carboxylic acids is 2. The van der Waals surface area contributed by atoms with E-state index in [0.717, 1.165) is 25.9 Å². The molecule has 6 nitrogen and oxygen atoms in total. The number of carbonyl (C=O) groups is 2. The van der Waals surface area contributed by atoms with Gasteiger partial charge in [0.25, 0.3) is 5.91 Å². The average molecular weight is 347 g/mol. The Hall–Kier alpha value is -1.92. The minimum atomic E-state index is -0.134. The third kappa shape index (κ3) is 6.14. The number of hydrogen-bond donors (Lipinski definition) is 3. The summed E-state index contributed by atoms with van der Waals surface area (Å²) >= 11 is 0. The van der Waals surface area contributed by atoms with Gasteiger partial charge in [0.2, 0.25) is 5.91 Å². The minimum absolute atomic E-state index is 0.0717. The number of amides is 2. The zero-order chi connectivity index (χ0) is 18.1. The number of aliphatic hydroxyl groups is 1. The van der Waals surface area contributed by atoms with E-state index in [2.05, 4.69) is 15.5 Å². The quantitative estimate of drug-likeness (QED) is 0.628. The van der Waals surface area contributed by atoms with Crippen LogP contribution < -0.4 is 10.6 Å². The third-order valence-electron chi connectivity index (χ3n) is 4.60. The number of likely N-dealkylation sites (tertiary alicyclic amines) is 1. The number of aliphatic hydroxyl groups excluding tert-OH is 1. The van der Waals surface area contributed by atoms with Crippen LogP contribution in [-0.2, 0) is 4.79 Å². The van der Waals surface area contributed by atoms with Crippen LogP contribution in [0.25, 0.3) is 0 Å². The highest BCUT2D eigenvalue weighted by Gasteiger charge is 2.20. The SMILES string of the molecule is CCC(=O)Nc1cccc(C(=O)NCCCN2CCCCC2CO)c1. The number of anilines is 1. The van der Waals surface area contributed by atoms with Crippen molar-refractivity contribution < 1.29 is 14.7 Å². The standard InChI is InChI=1S/C19H29N3O3/c1-2-18(24)21-16-8-5-7-15(13-16)19(25)20-10-6-12-22-11-4-3-9-17(22)14-23/h5,7-8,13,17,23H,2-4,6,9-12,14H2,1H3,(H,20,25)(H,21,24). The maximum Gasteiger partial charge on any atom is 0.251 e. The lowest BCUT2D eigenvalue weighted by Crippen LogP contribution is -2.43. The van der Waals surface area contributed by atoms with E-state index >= 15 is 0 Å². The lowest BCUT2D eigenvalue weighted by molar-refractivity contribution is -0.115. The second kappa shape index (κ2) is 10.2. The molecule has 0 radical (unpaired) electrons. The molecule has 1 fully saturated rings. The van der Waals surface area contributed by atoms with Gasteiger partial charge in [-0.05, 0) is 44.0 Å². The summed E-state index contributed by atoms with van der Waals surface area (Å²) in [6.45, 7) is 4.51. The van der Waals surface area contributed by atoms with E-state index in [9.17, 15) is 14.7 Å². The van der Waals surface area contributed by atoms with Crippen molar-refractivity contribution in [2.75, 3.05) is 31.6 Å². The van der Waals surface area contributed by atoms with Crippen LogP contribution >= 0.6 is 0 Å². The molecule has 6 heteroatoms. The number of piperidine rings is 1. The predicted octanol–water partition coefficient (Wildman–Crippen LogP) is 2.00. The van der Waals surface area contributed by atoms with Gasteiger partial charge in [-0.3, -0.25) is 14.5 Å². The van der Waals surface area contributed by atoms with Crippen LogP contribution in [0.15, 0.2) is 24.3 Å². The summed E-state index contributed by atoms with van der Waals surface area (Å²) in [4.78, 5) is 26.0. The fraction of sp³-hybridized carbons (Fsp3) is 0.579. The van der Waals surface area contributed by atoms with Gasteiger partial charge in [0.1, 0.15) is 0 Å². The van der Waals surface area contributed by atoms with E-state index in [4.69, 9.17) is 0 Å². The van der Waals surface area contributed by atoms with Gasteiger partial charge in [0.15, 0.2) is 0 Å². The highest BCUT2D eigenvalue weighted by Crippen LogP contribution is 2.16. The summed E-state index contributed by atoms with van der Waals surface area (Å²) in [7, 11) is 0. The number of hydrogen-bond acceptors (Lipinski definition) is 4. The van der Waals surface area contributed by atoms with Gasteiger partial charge < -0.3 is 15.7 Å². The summed E-state index contributed by atoms with van der Waals surface area (Å²) in [6, 6.07) is 7.23. The molecule has 1 aliphatic heterocycles. The maximum absolute atomic E-state index is 12.2. The highest BCUT2D eigenvalue weighted by molar-refractivity contribution is 5.97. The first-order valence-electron chi connectivity index (χ1n) is 9.17. The average Bonchev–Trinajstić information content (AvgIpc) is 2.65. The predicted molar refractivity (Wildman–Crippen MR) is 98.6 cm³/mol. The molecule has 1 unspecified atom stereocenters. The molecule has 0 aliphatic carbocycles. The number of benzene rings is 1. The molecular formula is C19H29N3O3. The van der Waals surface area contributed by atoms with Crippen molar-refractivity contribution in [3.63, 3.8) is 0 Å². The molecule has 2 amide bonds. The molecule has 2 rings (SSSR count). The molecule has 0 spiro atoms. The monoisotopic (exact) mass is 347 g/mol. The Balaban J connectivity index is 1.76. The second-order valence-electron chi connectivity index (χ2n) is 6.46. The largest absolute Gasteiger partial charge is 0.395 e. The molecule has 25 heavy (non-hydrogen) atoms. The Bertz CT molecular complexity index is 577. The van der Waals surface area contributed by atoms with Crippen LogP contribution in [0.5, 0.6) is 0 Å². The zero-order valence-corrected chi connectivity index (χ0v) is 15.0. The molecule has 1 aromatic rings. The first kappa shape index (κ1) is 19.4. The van der Waals surface area contributed by atoms with Crippen molar-refractivity contribution in [1.82, 2.24) is 10.2 Å². The first-order chi connectivity index (χ1) is 12.1. The van der Waals surface area contributed by atoms with Gasteiger partial charge in [0.05, 0.1) is 6.61 Å². The van der Waals surface area contributed by atoms with Gasteiger partial charge in [-0.15, -0.1) is 0 Å². The van der Waals surface area contributed by atoms with Crippen LogP contribution in [0.1, 0.15) is 49.4 Å². The van der Waals surface area contributed by atoms with Gasteiger partial charge in [0, 0.05) is 36.8 Å². The van der Waals surface area contributed by atoms with E-state index < -0.39 is 0 Å². The smallest absolute Gasteiger partial charge is 0.251 e. The summed E-state index contributed by atoms with van der Waals surface area (Å²) in [5.74, 6) is -0.206. The molecular weight excluding hydrogens is 318 g/mol. The Labute approximate surface area is 149 Å². The molecule has 0 bridgehead atoms. The van der Waals surface area contributed by atoms with Crippen LogP contribution in [-0.4, -0.2) is 54.1 Å². The van der Waals surface area contributed by atoms with Crippen molar-refractivity contribution in [3.8, 4) is 0 Å². The van der Waals surface area contributed by atoms with Gasteiger partial charge in [-0.25, -0.2) is 0 Å². The molecule has 0 saturated carbocycles. The number of nitrogens with one attached hydrogen (secondary N) is 2. The van der Waals surface area contributed by atoms with Crippen molar-refractivity contribution in [2.24, 2.45) is 0 Å². The van der Waals surface area contributed by atoms with E-state index in [0.29, 0.717) is 24.2 Å². The summed E-state index contributed by atoms with van der Waals surface area (Å²) in [6.07, 6.45) is 4.68. The van der Waals surface area contributed by atoms with Crippen LogP contribution in [0.2, 0.25) is 0 Å². The van der Waals surface area contributed by atoms with Crippen LogP contribution in [0.4, 0.5) is 5.69 Å². The molecule has 1 saturated heterocycles. The molecule has 1 heterocycles. The fourth-order valence-corrected chi connectivity index (χ4v) is 3.13. The zero-order valence-electron chi connectivity index (χ0n) is 15.0. The van der Waals surface area contributed by atoms with Gasteiger partial charge in [-0.1, -0.05) is 19.4 Å². The Morgan fingerprint density at radius 1 is 1.32 bits per heavy atom. The fourth-order valence-electron chi connectivity index (χ4n) is 3.13. The molecule has 0 aromatic heterocycles. The lowest BCUT2D eigenvalue weighted by atomic mass is 10.0.